The fourth-order valence-electron chi connectivity index (χ4n) is 5.32. The summed E-state index contributed by atoms with van der Waals surface area (Å²) < 4.78 is 0. The van der Waals surface area contributed by atoms with Crippen molar-refractivity contribution in [3.05, 3.63) is 100 Å². The Bertz CT molecular complexity index is 1560. The third kappa shape index (κ3) is 7.62. The molecule has 0 bridgehead atoms. The summed E-state index contributed by atoms with van der Waals surface area (Å²) in [5.41, 5.74) is 11.5. The summed E-state index contributed by atoms with van der Waals surface area (Å²) >= 11 is 0. The van der Waals surface area contributed by atoms with E-state index in [4.69, 9.17) is 5.73 Å². The number of carbonyl (C=O) groups is 1. The minimum absolute atomic E-state index is 0.0130. The lowest BCUT2D eigenvalue weighted by molar-refractivity contribution is 0.0792. The van der Waals surface area contributed by atoms with Gasteiger partial charge in [-0.05, 0) is 53.1 Å². The summed E-state index contributed by atoms with van der Waals surface area (Å²) in [6.07, 6.45) is 1.92. The van der Waals surface area contributed by atoms with Crippen molar-refractivity contribution in [2.24, 2.45) is 0 Å². The van der Waals surface area contributed by atoms with Crippen LogP contribution in [0.1, 0.15) is 72.0 Å². The lowest BCUT2D eigenvalue weighted by Gasteiger charge is -2.29. The molecule has 4 aromatic rings. The van der Waals surface area contributed by atoms with Gasteiger partial charge in [0.25, 0.3) is 5.91 Å². The van der Waals surface area contributed by atoms with Crippen molar-refractivity contribution in [2.45, 2.75) is 64.7 Å². The summed E-state index contributed by atoms with van der Waals surface area (Å²) in [6, 6.07) is 21.2. The van der Waals surface area contributed by atoms with Crippen LogP contribution in [0.4, 0.5) is 11.6 Å². The van der Waals surface area contributed by atoms with Gasteiger partial charge in [-0.15, -0.1) is 0 Å². The van der Waals surface area contributed by atoms with Crippen molar-refractivity contribution >= 4 is 17.5 Å². The number of hydrogen-bond donors (Lipinski definition) is 4. The molecule has 2 heterocycles. The molecule has 0 saturated carbocycles. The number of nitrogens with two attached hydrogens (primary N) is 1. The van der Waals surface area contributed by atoms with Gasteiger partial charge in [-0.1, -0.05) is 69.3 Å². The van der Waals surface area contributed by atoms with E-state index in [1.54, 1.807) is 18.2 Å². The Labute approximate surface area is 252 Å². The van der Waals surface area contributed by atoms with Crippen LogP contribution in [0.15, 0.2) is 66.7 Å². The van der Waals surface area contributed by atoms with Gasteiger partial charge in [0.15, 0.2) is 5.82 Å². The smallest absolute Gasteiger partial charge is 0.255 e. The number of aromatic nitrogens is 3. The van der Waals surface area contributed by atoms with E-state index in [0.717, 1.165) is 43.6 Å². The number of nitrogens with zero attached hydrogens (tertiary/aromatic N) is 4. The van der Waals surface area contributed by atoms with Gasteiger partial charge in [0.1, 0.15) is 5.82 Å². The number of anilines is 2. The highest BCUT2D eigenvalue weighted by Gasteiger charge is 2.19. The maximum Gasteiger partial charge on any atom is 0.255 e. The zero-order valence-electron chi connectivity index (χ0n) is 25.0. The van der Waals surface area contributed by atoms with E-state index in [2.05, 4.69) is 70.2 Å². The van der Waals surface area contributed by atoms with Gasteiger partial charge >= 0.3 is 0 Å². The van der Waals surface area contributed by atoms with Crippen LogP contribution in [0.25, 0.3) is 11.4 Å². The van der Waals surface area contributed by atoms with Crippen LogP contribution < -0.4 is 11.1 Å². The molecule has 3 aromatic carbocycles. The highest BCUT2D eigenvalue weighted by atomic mass is 16.3. The quantitative estimate of drug-likeness (QED) is 0.235. The molecule has 1 aromatic heterocycles. The summed E-state index contributed by atoms with van der Waals surface area (Å²) in [5, 5.41) is 23.0. The largest absolute Gasteiger partial charge is 0.393 e. The fourth-order valence-corrected chi connectivity index (χ4v) is 5.32. The molecule has 0 unspecified atom stereocenters. The Balaban J connectivity index is 1.32. The molecule has 0 spiro atoms. The highest BCUT2D eigenvalue weighted by molar-refractivity contribution is 6.05. The van der Waals surface area contributed by atoms with E-state index in [9.17, 15) is 15.0 Å². The lowest BCUT2D eigenvalue weighted by atomic mass is 9.86. The minimum atomic E-state index is -0.326. The first-order valence-corrected chi connectivity index (χ1v) is 14.7. The first-order valence-electron chi connectivity index (χ1n) is 14.7. The summed E-state index contributed by atoms with van der Waals surface area (Å²) in [7, 11) is 0. The molecule has 9 nitrogen and oxygen atoms in total. The molecule has 5 N–H and O–H groups in total. The topological polar surface area (TPSA) is 137 Å². The van der Waals surface area contributed by atoms with E-state index >= 15 is 0 Å². The van der Waals surface area contributed by atoms with Crippen molar-refractivity contribution < 1.29 is 15.0 Å². The summed E-state index contributed by atoms with van der Waals surface area (Å²) in [6.45, 7) is 8.72. The average molecular weight is 581 g/mol. The lowest BCUT2D eigenvalue weighted by Crippen LogP contribution is -2.35. The number of benzene rings is 3. The Morgan fingerprint density at radius 2 is 1.63 bits per heavy atom. The number of aliphatic hydroxyl groups is 2. The first kappa shape index (κ1) is 30.3. The zero-order chi connectivity index (χ0) is 30.6. The van der Waals surface area contributed by atoms with Crippen LogP contribution in [0.2, 0.25) is 0 Å². The number of hydrogen-bond acceptors (Lipinski definition) is 8. The van der Waals surface area contributed by atoms with Crippen molar-refractivity contribution in [2.75, 3.05) is 24.1 Å². The molecule has 1 saturated heterocycles. The molecule has 5 rings (SSSR count). The Morgan fingerprint density at radius 1 is 0.953 bits per heavy atom. The molecule has 9 heteroatoms. The number of piperidine rings is 1. The van der Waals surface area contributed by atoms with Crippen molar-refractivity contribution in [1.82, 2.24) is 19.9 Å². The fraction of sp³-hybridized carbons (Fsp3) is 0.353. The SMILES string of the molecule is CC(C)(C)c1ccc(C(=O)Nc2cccc(-c3nc(N)nc(Cc4ccc(CN5CCC(O)CC5)cc4)n3)c2CO)cc1. The molecule has 1 aliphatic rings. The zero-order valence-corrected chi connectivity index (χ0v) is 25.0. The van der Waals surface area contributed by atoms with E-state index in [1.807, 2.05) is 24.3 Å². The number of nitrogen functional groups attached to an aromatic ring is 1. The van der Waals surface area contributed by atoms with E-state index in [0.29, 0.717) is 40.4 Å². The molecule has 224 valence electrons. The van der Waals surface area contributed by atoms with Crippen molar-refractivity contribution in [3.63, 3.8) is 0 Å². The molecule has 1 amide bonds. The second kappa shape index (κ2) is 13.0. The maximum absolute atomic E-state index is 13.1. The second-order valence-corrected chi connectivity index (χ2v) is 12.2. The van der Waals surface area contributed by atoms with Crippen LogP contribution in [-0.2, 0) is 25.0 Å². The van der Waals surface area contributed by atoms with E-state index in [-0.39, 0.29) is 30.0 Å². The number of likely N-dealkylation sites (tertiary alicyclic amines) is 1. The molecule has 0 atom stereocenters. The normalized spacial score (nSPS) is 14.5. The third-order valence-corrected chi connectivity index (χ3v) is 7.88. The Kier molecular flexibility index (Phi) is 9.15. The van der Waals surface area contributed by atoms with Gasteiger partial charge < -0.3 is 21.3 Å². The van der Waals surface area contributed by atoms with E-state index < -0.39 is 0 Å². The standard InChI is InChI=1S/C34H40N6O3/c1-34(2,3)25-13-11-24(12-14-25)32(43)36-29-6-4-5-27(28(29)21-41)31-37-30(38-33(35)39-31)19-22-7-9-23(10-8-22)20-40-17-15-26(42)16-18-40/h4-14,26,41-42H,15-21H2,1-3H3,(H,36,43)(H2,35,37,38,39). The van der Waals surface area contributed by atoms with Crippen LogP contribution in [0, 0.1) is 0 Å². The molecular formula is C34H40N6O3. The van der Waals surface area contributed by atoms with Crippen LogP contribution in [0.3, 0.4) is 0 Å². The Morgan fingerprint density at radius 3 is 2.28 bits per heavy atom. The van der Waals surface area contributed by atoms with Gasteiger partial charge in [0.05, 0.1) is 12.7 Å². The minimum Gasteiger partial charge on any atom is -0.393 e. The van der Waals surface area contributed by atoms with Gasteiger partial charge in [0, 0.05) is 48.4 Å². The number of rotatable bonds is 8. The third-order valence-electron chi connectivity index (χ3n) is 7.88. The van der Waals surface area contributed by atoms with Crippen molar-refractivity contribution in [1.29, 1.82) is 0 Å². The van der Waals surface area contributed by atoms with E-state index in [1.165, 1.54) is 5.56 Å². The van der Waals surface area contributed by atoms with Crippen molar-refractivity contribution in [3.8, 4) is 11.4 Å². The predicted octanol–water partition coefficient (Wildman–Crippen LogP) is 4.71. The molecule has 43 heavy (non-hydrogen) atoms. The van der Waals surface area contributed by atoms with Gasteiger partial charge in [-0.3, -0.25) is 9.69 Å². The van der Waals surface area contributed by atoms with Crippen LogP contribution >= 0.6 is 0 Å². The molecule has 0 radical (unpaired) electrons. The second-order valence-electron chi connectivity index (χ2n) is 12.2. The molecule has 1 aliphatic heterocycles. The van der Waals surface area contributed by atoms with Crippen LogP contribution in [-0.4, -0.2) is 55.2 Å². The van der Waals surface area contributed by atoms with Gasteiger partial charge in [-0.2, -0.15) is 9.97 Å². The summed E-state index contributed by atoms with van der Waals surface area (Å²) in [4.78, 5) is 28.8. The summed E-state index contributed by atoms with van der Waals surface area (Å²) in [5.74, 6) is 0.657. The average Bonchev–Trinajstić information content (AvgIpc) is 2.98. The molecule has 1 fully saturated rings. The van der Waals surface area contributed by atoms with Crippen LogP contribution in [0.5, 0.6) is 0 Å². The van der Waals surface area contributed by atoms with Gasteiger partial charge in [0.2, 0.25) is 5.95 Å². The Hall–Kier alpha value is -4.18. The highest BCUT2D eigenvalue weighted by Crippen LogP contribution is 2.29. The molecular weight excluding hydrogens is 540 g/mol. The number of carbonyl (C=O) groups excluding carboxylic acids is 1. The number of nitrogens with one attached hydrogen (secondary N) is 1. The number of amides is 1. The van der Waals surface area contributed by atoms with Gasteiger partial charge in [-0.25, -0.2) is 4.98 Å². The first-order chi connectivity index (χ1) is 20.6. The maximum atomic E-state index is 13.1. The number of aliphatic hydroxyl groups excluding tert-OH is 2. The predicted molar refractivity (Wildman–Crippen MR) is 168 cm³/mol. The monoisotopic (exact) mass is 580 g/mol. The molecule has 0 aliphatic carbocycles.